The van der Waals surface area contributed by atoms with Gasteiger partial charge in [0.05, 0.1) is 22.3 Å². The predicted molar refractivity (Wildman–Crippen MR) is 73.9 cm³/mol. The molecule has 19 heavy (non-hydrogen) atoms. The molecule has 2 rings (SSSR count). The minimum atomic E-state index is -3.82. The van der Waals surface area contributed by atoms with Crippen LogP contribution in [0.1, 0.15) is 5.76 Å². The summed E-state index contributed by atoms with van der Waals surface area (Å²) in [6.07, 6.45) is 0. The number of nitrogens with two attached hydrogens (primary N) is 1. The highest BCUT2D eigenvalue weighted by molar-refractivity contribution is 7.89. The maximum Gasteiger partial charge on any atom is 0.271 e. The molecule has 0 unspecified atom stereocenters. The zero-order valence-corrected chi connectivity index (χ0v) is 11.9. The van der Waals surface area contributed by atoms with Crippen LogP contribution in [-0.2, 0) is 16.6 Å². The molecule has 0 radical (unpaired) electrons. The smallest absolute Gasteiger partial charge is 0.271 e. The molecule has 0 atom stereocenters. The average molecular weight is 321 g/mol. The van der Waals surface area contributed by atoms with Crippen LogP contribution in [0.4, 0.5) is 5.69 Å². The molecule has 2 aromatic rings. The first-order chi connectivity index (χ1) is 8.88. The standard InChI is InChI=1S/C11H10Cl2N2O3S/c12-8-2-1-3-9(11(8)13)15-6-7-4-5-10(18-7)19(14,16)17/h1-5,15H,6H2,(H2,14,16,17). The lowest BCUT2D eigenvalue weighted by molar-refractivity contribution is 0.419. The second kappa shape index (κ2) is 5.42. The number of halogens is 2. The Bertz CT molecular complexity index is 698. The van der Waals surface area contributed by atoms with E-state index in [1.54, 1.807) is 18.2 Å². The summed E-state index contributed by atoms with van der Waals surface area (Å²) in [6.45, 7) is 0.260. The maximum atomic E-state index is 11.0. The molecule has 0 saturated carbocycles. The van der Waals surface area contributed by atoms with Crippen molar-refractivity contribution in [1.29, 1.82) is 0 Å². The Kier molecular flexibility index (Phi) is 4.05. The highest BCUT2D eigenvalue weighted by Crippen LogP contribution is 2.29. The Labute approximate surface area is 120 Å². The van der Waals surface area contributed by atoms with Gasteiger partial charge in [-0.25, -0.2) is 13.6 Å². The lowest BCUT2D eigenvalue weighted by Gasteiger charge is -2.07. The molecular formula is C11H10Cl2N2O3S. The molecule has 1 aromatic heterocycles. The summed E-state index contributed by atoms with van der Waals surface area (Å²) in [4.78, 5) is 0. The fourth-order valence-electron chi connectivity index (χ4n) is 1.43. The maximum absolute atomic E-state index is 11.0. The van der Waals surface area contributed by atoms with Crippen molar-refractivity contribution >= 4 is 38.9 Å². The third-order valence-electron chi connectivity index (χ3n) is 2.32. The van der Waals surface area contributed by atoms with Gasteiger partial charge in [0, 0.05) is 0 Å². The summed E-state index contributed by atoms with van der Waals surface area (Å²) in [5.41, 5.74) is 0.628. The molecule has 0 amide bonds. The largest absolute Gasteiger partial charge is 0.446 e. The van der Waals surface area contributed by atoms with Gasteiger partial charge >= 0.3 is 0 Å². The zero-order valence-electron chi connectivity index (χ0n) is 9.56. The van der Waals surface area contributed by atoms with Gasteiger partial charge in [0.1, 0.15) is 5.76 Å². The van der Waals surface area contributed by atoms with Gasteiger partial charge in [-0.2, -0.15) is 0 Å². The van der Waals surface area contributed by atoms with Gasteiger partial charge in [0.2, 0.25) is 5.09 Å². The Morgan fingerprint density at radius 3 is 2.58 bits per heavy atom. The van der Waals surface area contributed by atoms with E-state index in [9.17, 15) is 8.42 Å². The van der Waals surface area contributed by atoms with Gasteiger partial charge in [-0.05, 0) is 24.3 Å². The molecule has 0 bridgehead atoms. The van der Waals surface area contributed by atoms with E-state index in [0.717, 1.165) is 0 Å². The van der Waals surface area contributed by atoms with Crippen LogP contribution in [0.2, 0.25) is 10.0 Å². The Balaban J connectivity index is 2.11. The van der Waals surface area contributed by atoms with Crippen LogP contribution in [-0.4, -0.2) is 8.42 Å². The minimum absolute atomic E-state index is 0.260. The molecule has 102 valence electrons. The topological polar surface area (TPSA) is 85.3 Å². The molecule has 0 aliphatic rings. The summed E-state index contributed by atoms with van der Waals surface area (Å²) >= 11 is 11.9. The van der Waals surface area contributed by atoms with E-state index in [1.165, 1.54) is 12.1 Å². The molecule has 0 fully saturated rings. The molecule has 0 aliphatic carbocycles. The zero-order chi connectivity index (χ0) is 14.0. The number of benzene rings is 1. The van der Waals surface area contributed by atoms with Crippen molar-refractivity contribution < 1.29 is 12.8 Å². The summed E-state index contributed by atoms with van der Waals surface area (Å²) in [6, 6.07) is 7.98. The molecule has 0 aliphatic heterocycles. The van der Waals surface area contributed by atoms with E-state index in [1.807, 2.05) is 0 Å². The van der Waals surface area contributed by atoms with Crippen molar-refractivity contribution in [1.82, 2.24) is 0 Å². The molecule has 8 heteroatoms. The van der Waals surface area contributed by atoms with E-state index < -0.39 is 10.0 Å². The van der Waals surface area contributed by atoms with Gasteiger partial charge in [-0.15, -0.1) is 0 Å². The lowest BCUT2D eigenvalue weighted by Crippen LogP contribution is -2.10. The second-order valence-corrected chi connectivity index (χ2v) is 6.00. The molecule has 0 saturated heterocycles. The number of rotatable bonds is 4. The van der Waals surface area contributed by atoms with E-state index in [4.69, 9.17) is 32.8 Å². The molecule has 1 heterocycles. The fourth-order valence-corrected chi connectivity index (χ4v) is 2.28. The van der Waals surface area contributed by atoms with Crippen molar-refractivity contribution in [2.24, 2.45) is 5.14 Å². The number of hydrogen-bond donors (Lipinski definition) is 2. The van der Waals surface area contributed by atoms with E-state index >= 15 is 0 Å². The van der Waals surface area contributed by atoms with Crippen LogP contribution < -0.4 is 10.5 Å². The van der Waals surface area contributed by atoms with Gasteiger partial charge < -0.3 is 9.73 Å². The van der Waals surface area contributed by atoms with Gasteiger partial charge in [-0.1, -0.05) is 29.3 Å². The summed E-state index contributed by atoms with van der Waals surface area (Å²) < 4.78 is 27.2. The van der Waals surface area contributed by atoms with Gasteiger partial charge in [0.25, 0.3) is 10.0 Å². The third kappa shape index (κ3) is 3.42. The first-order valence-corrected chi connectivity index (χ1v) is 7.47. The minimum Gasteiger partial charge on any atom is -0.446 e. The molecule has 3 N–H and O–H groups in total. The monoisotopic (exact) mass is 320 g/mol. The number of nitrogens with one attached hydrogen (secondary N) is 1. The van der Waals surface area contributed by atoms with Gasteiger partial charge in [-0.3, -0.25) is 0 Å². The highest BCUT2D eigenvalue weighted by atomic mass is 35.5. The number of furan rings is 1. The fraction of sp³-hybridized carbons (Fsp3) is 0.0909. The normalized spacial score (nSPS) is 11.5. The SMILES string of the molecule is NS(=O)(=O)c1ccc(CNc2cccc(Cl)c2Cl)o1. The molecule has 5 nitrogen and oxygen atoms in total. The first-order valence-electron chi connectivity index (χ1n) is 5.17. The van der Waals surface area contributed by atoms with Crippen molar-refractivity contribution in [3.8, 4) is 0 Å². The average Bonchev–Trinajstić information content (AvgIpc) is 2.79. The Morgan fingerprint density at radius 2 is 1.95 bits per heavy atom. The highest BCUT2D eigenvalue weighted by Gasteiger charge is 2.13. The van der Waals surface area contributed by atoms with Crippen molar-refractivity contribution in [3.05, 3.63) is 46.1 Å². The number of hydrogen-bond acceptors (Lipinski definition) is 4. The number of sulfonamides is 1. The van der Waals surface area contributed by atoms with Crippen LogP contribution in [0.5, 0.6) is 0 Å². The molecule has 1 aromatic carbocycles. The number of primary sulfonamides is 1. The Hall–Kier alpha value is -1.21. The van der Waals surface area contributed by atoms with E-state index in [0.29, 0.717) is 21.5 Å². The summed E-state index contributed by atoms with van der Waals surface area (Å²) in [5, 5.41) is 8.47. The van der Waals surface area contributed by atoms with Crippen molar-refractivity contribution in [3.63, 3.8) is 0 Å². The van der Waals surface area contributed by atoms with Crippen LogP contribution >= 0.6 is 23.2 Å². The predicted octanol–water partition coefficient (Wildman–Crippen LogP) is 2.85. The lowest BCUT2D eigenvalue weighted by atomic mass is 10.3. The quantitative estimate of drug-likeness (QED) is 0.907. The number of anilines is 1. The van der Waals surface area contributed by atoms with Crippen LogP contribution in [0, 0.1) is 0 Å². The first kappa shape index (κ1) is 14.2. The third-order valence-corrected chi connectivity index (χ3v) is 3.92. The van der Waals surface area contributed by atoms with Crippen molar-refractivity contribution in [2.45, 2.75) is 11.6 Å². The summed E-state index contributed by atoms with van der Waals surface area (Å²) in [5.74, 6) is 0.417. The molecule has 0 spiro atoms. The van der Waals surface area contributed by atoms with Crippen LogP contribution in [0.15, 0.2) is 39.8 Å². The second-order valence-electron chi connectivity index (χ2n) is 3.72. The Morgan fingerprint density at radius 1 is 1.21 bits per heavy atom. The molecular weight excluding hydrogens is 311 g/mol. The summed E-state index contributed by atoms with van der Waals surface area (Å²) in [7, 11) is -3.82. The van der Waals surface area contributed by atoms with Crippen LogP contribution in [0.25, 0.3) is 0 Å². The van der Waals surface area contributed by atoms with E-state index in [2.05, 4.69) is 5.32 Å². The van der Waals surface area contributed by atoms with Gasteiger partial charge in [0.15, 0.2) is 0 Å². The van der Waals surface area contributed by atoms with Crippen LogP contribution in [0.3, 0.4) is 0 Å². The van der Waals surface area contributed by atoms with Crippen molar-refractivity contribution in [2.75, 3.05) is 5.32 Å². The van der Waals surface area contributed by atoms with E-state index in [-0.39, 0.29) is 11.6 Å².